The summed E-state index contributed by atoms with van der Waals surface area (Å²) in [6.07, 6.45) is 0. The van der Waals surface area contributed by atoms with Crippen molar-refractivity contribution < 1.29 is 9.59 Å². The molecule has 2 N–H and O–H groups in total. The number of imidazole rings is 1. The number of amides is 2. The van der Waals surface area contributed by atoms with Gasteiger partial charge in [-0.25, -0.2) is 4.79 Å². The monoisotopic (exact) mass is 502 g/mol. The molecule has 0 radical (unpaired) electrons. The van der Waals surface area contributed by atoms with Crippen LogP contribution in [0.25, 0.3) is 0 Å². The second-order valence-corrected chi connectivity index (χ2v) is 8.63. The van der Waals surface area contributed by atoms with Gasteiger partial charge >= 0.3 is 5.69 Å². The number of nitrogens with zero attached hydrogens (tertiary/aromatic N) is 2. The van der Waals surface area contributed by atoms with Gasteiger partial charge in [0.15, 0.2) is 0 Å². The van der Waals surface area contributed by atoms with Gasteiger partial charge in [0, 0.05) is 23.1 Å². The van der Waals surface area contributed by atoms with E-state index in [4.69, 9.17) is 11.6 Å². The van der Waals surface area contributed by atoms with E-state index in [-0.39, 0.29) is 35.8 Å². The molecule has 1 aliphatic rings. The van der Waals surface area contributed by atoms with Gasteiger partial charge in [0.1, 0.15) is 5.69 Å². The highest BCUT2D eigenvalue weighted by Crippen LogP contribution is 2.25. The van der Waals surface area contributed by atoms with E-state index in [0.29, 0.717) is 33.8 Å². The van der Waals surface area contributed by atoms with Gasteiger partial charge in [-0.2, -0.15) is 0 Å². The maximum absolute atomic E-state index is 13.0. The van der Waals surface area contributed by atoms with Crippen LogP contribution in [0.3, 0.4) is 0 Å². The van der Waals surface area contributed by atoms with Crippen LogP contribution in [0.1, 0.15) is 45.1 Å². The lowest BCUT2D eigenvalue weighted by Crippen LogP contribution is -2.41. The summed E-state index contributed by atoms with van der Waals surface area (Å²) in [6, 6.07) is 14.3. The number of hydrogen-bond acceptors (Lipinski definition) is 3. The van der Waals surface area contributed by atoms with Crippen molar-refractivity contribution in [1.82, 2.24) is 19.8 Å². The Balaban J connectivity index is 1.56. The zero-order valence-corrected chi connectivity index (χ0v) is 19.0. The van der Waals surface area contributed by atoms with Gasteiger partial charge in [-0.1, -0.05) is 41.9 Å². The van der Waals surface area contributed by atoms with Crippen LogP contribution in [-0.2, 0) is 13.1 Å². The first-order chi connectivity index (χ1) is 14.8. The Morgan fingerprint density at radius 2 is 1.90 bits per heavy atom. The van der Waals surface area contributed by atoms with Gasteiger partial charge in [0.05, 0.1) is 23.3 Å². The molecule has 1 atom stereocenters. The van der Waals surface area contributed by atoms with E-state index in [1.54, 1.807) is 23.1 Å². The Morgan fingerprint density at radius 1 is 1.16 bits per heavy atom. The van der Waals surface area contributed by atoms with Crippen LogP contribution >= 0.6 is 27.5 Å². The summed E-state index contributed by atoms with van der Waals surface area (Å²) in [5.74, 6) is -0.596. The number of H-pyrrole nitrogens is 1. The number of fused-ring (bicyclic) bond motifs is 1. The number of carbonyl (C=O) groups excluding carboxylic acids is 2. The van der Waals surface area contributed by atoms with Crippen LogP contribution in [0.15, 0.2) is 57.8 Å². The maximum atomic E-state index is 13.0. The minimum atomic E-state index is -0.386. The van der Waals surface area contributed by atoms with Crippen molar-refractivity contribution >= 4 is 39.3 Å². The fourth-order valence-electron chi connectivity index (χ4n) is 3.65. The fourth-order valence-corrected chi connectivity index (χ4v) is 4.08. The molecule has 0 unspecified atom stereocenters. The normalized spacial score (nSPS) is 14.1. The quantitative estimate of drug-likeness (QED) is 0.569. The van der Waals surface area contributed by atoms with Crippen molar-refractivity contribution in [3.8, 4) is 0 Å². The van der Waals surface area contributed by atoms with Crippen LogP contribution in [0, 0.1) is 0 Å². The molecule has 0 saturated heterocycles. The first kappa shape index (κ1) is 21.4. The summed E-state index contributed by atoms with van der Waals surface area (Å²) in [7, 11) is 0. The Hall–Kier alpha value is -2.84. The number of aromatic amines is 1. The topological polar surface area (TPSA) is 87.2 Å². The van der Waals surface area contributed by atoms with Gasteiger partial charge < -0.3 is 15.2 Å². The Bertz CT molecular complexity index is 1210. The standard InChI is InChI=1S/C22H20BrClN4O3/c1-13(14-5-3-2-4-6-14)25-20(29)19-18-12-27(9-10-28(18)22(31)26-19)21(30)15-7-8-16(23)17(24)11-15/h2-8,11,13H,9-10,12H2,1H3,(H,25,29)(H,26,31)/t13-/m1/s1. The maximum Gasteiger partial charge on any atom is 0.326 e. The molecule has 31 heavy (non-hydrogen) atoms. The lowest BCUT2D eigenvalue weighted by atomic mass is 10.1. The van der Waals surface area contributed by atoms with E-state index < -0.39 is 0 Å². The third kappa shape index (κ3) is 4.31. The lowest BCUT2D eigenvalue weighted by Gasteiger charge is -2.28. The summed E-state index contributed by atoms with van der Waals surface area (Å²) < 4.78 is 2.22. The average molecular weight is 504 g/mol. The molecule has 2 heterocycles. The molecule has 0 aliphatic carbocycles. The Kier molecular flexibility index (Phi) is 6.02. The van der Waals surface area contributed by atoms with Crippen LogP contribution in [0.2, 0.25) is 5.02 Å². The minimum absolute atomic E-state index is 0.147. The van der Waals surface area contributed by atoms with Crippen LogP contribution < -0.4 is 11.0 Å². The number of hydrogen-bond donors (Lipinski definition) is 2. The molecule has 1 aromatic heterocycles. The largest absolute Gasteiger partial charge is 0.344 e. The molecular weight excluding hydrogens is 484 g/mol. The first-order valence-corrected chi connectivity index (χ1v) is 10.9. The molecule has 4 rings (SSSR count). The fraction of sp³-hybridized carbons (Fsp3) is 0.227. The molecule has 3 aromatic rings. The zero-order valence-electron chi connectivity index (χ0n) is 16.7. The molecule has 7 nitrogen and oxygen atoms in total. The highest BCUT2D eigenvalue weighted by Gasteiger charge is 2.29. The SMILES string of the molecule is C[C@@H](NC(=O)c1[nH]c(=O)n2c1CN(C(=O)c1ccc(Br)c(Cl)c1)CC2)c1ccccc1. The van der Waals surface area contributed by atoms with Crippen LogP contribution in [-0.4, -0.2) is 32.8 Å². The summed E-state index contributed by atoms with van der Waals surface area (Å²) >= 11 is 9.44. The van der Waals surface area contributed by atoms with Gasteiger partial charge in [-0.05, 0) is 46.6 Å². The van der Waals surface area contributed by atoms with Gasteiger partial charge in [0.2, 0.25) is 0 Å². The zero-order chi connectivity index (χ0) is 22.1. The summed E-state index contributed by atoms with van der Waals surface area (Å²) in [4.78, 5) is 42.5. The first-order valence-electron chi connectivity index (χ1n) is 9.77. The summed E-state index contributed by atoms with van der Waals surface area (Å²) in [5.41, 5.74) is 1.72. The van der Waals surface area contributed by atoms with E-state index in [9.17, 15) is 14.4 Å². The van der Waals surface area contributed by atoms with E-state index in [1.807, 2.05) is 37.3 Å². The second kappa shape index (κ2) is 8.72. The van der Waals surface area contributed by atoms with Crippen molar-refractivity contribution in [2.75, 3.05) is 6.54 Å². The number of nitrogens with one attached hydrogen (secondary N) is 2. The number of rotatable bonds is 4. The van der Waals surface area contributed by atoms with E-state index >= 15 is 0 Å². The van der Waals surface area contributed by atoms with Gasteiger partial charge in [-0.15, -0.1) is 0 Å². The number of aromatic nitrogens is 2. The van der Waals surface area contributed by atoms with E-state index in [0.717, 1.165) is 5.56 Å². The van der Waals surface area contributed by atoms with Crippen molar-refractivity contribution in [2.24, 2.45) is 0 Å². The van der Waals surface area contributed by atoms with Gasteiger partial charge in [0.25, 0.3) is 11.8 Å². The minimum Gasteiger partial charge on any atom is -0.344 e. The number of carbonyl (C=O) groups is 2. The Labute approximate surface area is 192 Å². The molecular formula is C22H20BrClN4O3. The highest BCUT2D eigenvalue weighted by atomic mass is 79.9. The van der Waals surface area contributed by atoms with E-state index in [2.05, 4.69) is 26.2 Å². The molecule has 9 heteroatoms. The average Bonchev–Trinajstić information content (AvgIpc) is 3.11. The van der Waals surface area contributed by atoms with E-state index in [1.165, 1.54) is 4.57 Å². The second-order valence-electron chi connectivity index (χ2n) is 7.36. The summed E-state index contributed by atoms with van der Waals surface area (Å²) in [5, 5.41) is 3.36. The van der Waals surface area contributed by atoms with Crippen molar-refractivity contribution in [2.45, 2.75) is 26.1 Å². The third-order valence-corrected chi connectivity index (χ3v) is 6.59. The molecule has 0 spiro atoms. The smallest absolute Gasteiger partial charge is 0.326 e. The number of halogens is 2. The predicted molar refractivity (Wildman–Crippen MR) is 121 cm³/mol. The molecule has 2 amide bonds. The molecule has 0 fully saturated rings. The van der Waals surface area contributed by atoms with Gasteiger partial charge in [-0.3, -0.25) is 14.2 Å². The van der Waals surface area contributed by atoms with Crippen LogP contribution in [0.5, 0.6) is 0 Å². The highest BCUT2D eigenvalue weighted by molar-refractivity contribution is 9.10. The van der Waals surface area contributed by atoms with Crippen LogP contribution in [0.4, 0.5) is 0 Å². The Morgan fingerprint density at radius 3 is 2.61 bits per heavy atom. The van der Waals surface area contributed by atoms with Crippen molar-refractivity contribution in [1.29, 1.82) is 0 Å². The third-order valence-electron chi connectivity index (χ3n) is 5.35. The lowest BCUT2D eigenvalue weighted by molar-refractivity contribution is 0.0706. The molecule has 160 valence electrons. The molecule has 1 aliphatic heterocycles. The predicted octanol–water partition coefficient (Wildman–Crippen LogP) is 3.74. The molecule has 2 aromatic carbocycles. The van der Waals surface area contributed by atoms with Crippen molar-refractivity contribution in [3.05, 3.63) is 91.0 Å². The molecule has 0 bridgehead atoms. The summed E-state index contributed by atoms with van der Waals surface area (Å²) in [6.45, 7) is 2.69. The number of benzene rings is 2. The molecule has 0 saturated carbocycles. The van der Waals surface area contributed by atoms with Crippen molar-refractivity contribution in [3.63, 3.8) is 0 Å².